The number of carbonyl (C=O) groups excluding carboxylic acids is 1. The van der Waals surface area contributed by atoms with Gasteiger partial charge in [-0.15, -0.1) is 0 Å². The highest BCUT2D eigenvalue weighted by molar-refractivity contribution is 7.84. The van der Waals surface area contributed by atoms with E-state index in [0.29, 0.717) is 5.56 Å². The molecule has 0 radical (unpaired) electrons. The number of benzene rings is 2. The molecule has 2 aromatic carbocycles. The van der Waals surface area contributed by atoms with Crippen molar-refractivity contribution in [3.05, 3.63) is 73.4 Å². The van der Waals surface area contributed by atoms with Crippen LogP contribution in [-0.4, -0.2) is 26.1 Å². The number of pyridine rings is 1. The second-order valence-corrected chi connectivity index (χ2v) is 8.19. The highest BCUT2D eigenvalue weighted by Crippen LogP contribution is 2.28. The number of aromatic nitrogens is 1. The molecule has 1 atom stereocenters. The fourth-order valence-electron chi connectivity index (χ4n) is 2.76. The van der Waals surface area contributed by atoms with Crippen LogP contribution in [0.2, 0.25) is 10.0 Å². The van der Waals surface area contributed by atoms with E-state index >= 15 is 0 Å². The average Bonchev–Trinajstić information content (AvgIpc) is 2.64. The van der Waals surface area contributed by atoms with Crippen molar-refractivity contribution < 1.29 is 18.9 Å². The minimum Gasteiger partial charge on any atom is -0.478 e. The molecule has 0 bridgehead atoms. The van der Waals surface area contributed by atoms with Gasteiger partial charge in [-0.1, -0.05) is 35.3 Å². The Morgan fingerprint density at radius 2 is 1.68 bits per heavy atom. The number of ketones is 1. The van der Waals surface area contributed by atoms with E-state index in [0.717, 1.165) is 0 Å². The summed E-state index contributed by atoms with van der Waals surface area (Å²) in [5.74, 6) is -1.65. The summed E-state index contributed by atoms with van der Waals surface area (Å²) in [5, 5.41) is 9.30. The summed E-state index contributed by atoms with van der Waals surface area (Å²) in [4.78, 5) is 38.7. The second kappa shape index (κ2) is 7.87. The topological polar surface area (TPSA) is 104 Å². The van der Waals surface area contributed by atoms with Crippen LogP contribution in [0.5, 0.6) is 0 Å². The largest absolute Gasteiger partial charge is 0.478 e. The Balaban J connectivity index is 2.13. The molecular formula is C19H13Cl2NO5S. The Bertz CT molecular complexity index is 1200. The molecule has 0 aliphatic carbocycles. The first-order valence-corrected chi connectivity index (χ1v) is 10.0. The number of fused-ring (bicyclic) bond motifs is 1. The summed E-state index contributed by atoms with van der Waals surface area (Å²) >= 11 is 12.2. The molecule has 0 spiro atoms. The molecule has 2 N–H and O–H groups in total. The van der Waals surface area contributed by atoms with Gasteiger partial charge in [0.15, 0.2) is 5.78 Å². The molecule has 3 aromatic rings. The van der Waals surface area contributed by atoms with Crippen molar-refractivity contribution in [3.63, 3.8) is 0 Å². The standard InChI is InChI=1S/C19H13Cl2NO5S/c1-9(23)14-17(24)15-12(20)6-7-13(21)16(15)22-18(14)28(27)8-10-2-4-11(5-3-10)19(25)26/h2-7H,8H2,1H3,(H,22,24)(H,25,26). The van der Waals surface area contributed by atoms with Crippen LogP contribution in [0.1, 0.15) is 33.2 Å². The van der Waals surface area contributed by atoms with Gasteiger partial charge in [-0.2, -0.15) is 0 Å². The lowest BCUT2D eigenvalue weighted by atomic mass is 10.1. The van der Waals surface area contributed by atoms with E-state index in [1.165, 1.54) is 43.3 Å². The number of hydrogen-bond donors (Lipinski definition) is 2. The molecule has 1 heterocycles. The summed E-state index contributed by atoms with van der Waals surface area (Å²) in [6, 6.07) is 8.77. The predicted molar refractivity (Wildman–Crippen MR) is 108 cm³/mol. The zero-order valence-corrected chi connectivity index (χ0v) is 16.7. The molecular weight excluding hydrogens is 425 g/mol. The number of rotatable bonds is 5. The van der Waals surface area contributed by atoms with Gasteiger partial charge in [-0.3, -0.25) is 13.8 Å². The minimum absolute atomic E-state index is 0.0280. The van der Waals surface area contributed by atoms with Gasteiger partial charge in [-0.25, -0.2) is 4.79 Å². The summed E-state index contributed by atoms with van der Waals surface area (Å²) in [7, 11) is -1.79. The maximum Gasteiger partial charge on any atom is 0.335 e. The van der Waals surface area contributed by atoms with E-state index in [1.54, 1.807) is 0 Å². The molecule has 0 saturated carbocycles. The molecule has 0 saturated heterocycles. The number of nitrogens with one attached hydrogen (secondary N) is 1. The molecule has 0 aliphatic rings. The lowest BCUT2D eigenvalue weighted by Crippen LogP contribution is -2.20. The molecule has 0 amide bonds. The number of halogens is 2. The van der Waals surface area contributed by atoms with E-state index in [1.807, 2.05) is 0 Å². The van der Waals surface area contributed by atoms with Crippen molar-refractivity contribution in [3.8, 4) is 0 Å². The van der Waals surface area contributed by atoms with Crippen molar-refractivity contribution in [2.24, 2.45) is 0 Å². The lowest BCUT2D eigenvalue weighted by molar-refractivity contribution is 0.0696. The number of Topliss-reactive ketones (excluding diaryl/α,β-unsaturated/α-hetero) is 1. The number of aromatic amines is 1. The molecule has 0 fully saturated rings. The van der Waals surface area contributed by atoms with Crippen molar-refractivity contribution >= 4 is 56.7 Å². The lowest BCUT2D eigenvalue weighted by Gasteiger charge is -2.11. The van der Waals surface area contributed by atoms with E-state index in [2.05, 4.69) is 4.98 Å². The van der Waals surface area contributed by atoms with E-state index < -0.39 is 28.0 Å². The fraction of sp³-hybridized carbons (Fsp3) is 0.105. The van der Waals surface area contributed by atoms with Gasteiger partial charge in [0.25, 0.3) is 0 Å². The molecule has 3 rings (SSSR count). The molecule has 1 aromatic heterocycles. The highest BCUT2D eigenvalue weighted by atomic mass is 35.5. The Kier molecular flexibility index (Phi) is 5.69. The highest BCUT2D eigenvalue weighted by Gasteiger charge is 2.22. The number of carboxylic acids is 1. The maximum absolute atomic E-state index is 12.9. The van der Waals surface area contributed by atoms with Crippen molar-refractivity contribution in [2.45, 2.75) is 17.7 Å². The van der Waals surface area contributed by atoms with Gasteiger partial charge in [-0.05, 0) is 36.8 Å². The quantitative estimate of drug-likeness (QED) is 0.585. The summed E-state index contributed by atoms with van der Waals surface area (Å²) in [6.07, 6.45) is 0. The first-order chi connectivity index (χ1) is 13.2. The van der Waals surface area contributed by atoms with E-state index in [9.17, 15) is 18.6 Å². The zero-order valence-electron chi connectivity index (χ0n) is 14.4. The minimum atomic E-state index is -1.79. The molecule has 0 aliphatic heterocycles. The second-order valence-electron chi connectivity index (χ2n) is 5.99. The van der Waals surface area contributed by atoms with Crippen molar-refractivity contribution in [2.75, 3.05) is 0 Å². The monoisotopic (exact) mass is 437 g/mol. The van der Waals surface area contributed by atoms with Gasteiger partial charge in [0, 0.05) is 0 Å². The van der Waals surface area contributed by atoms with Crippen molar-refractivity contribution in [1.82, 2.24) is 4.98 Å². The van der Waals surface area contributed by atoms with Crippen LogP contribution >= 0.6 is 23.2 Å². The molecule has 28 heavy (non-hydrogen) atoms. The summed E-state index contributed by atoms with van der Waals surface area (Å²) < 4.78 is 12.9. The summed E-state index contributed by atoms with van der Waals surface area (Å²) in [6.45, 7) is 1.21. The fourth-order valence-corrected chi connectivity index (χ4v) is 4.53. The van der Waals surface area contributed by atoms with Crippen molar-refractivity contribution in [1.29, 1.82) is 0 Å². The van der Waals surface area contributed by atoms with Gasteiger partial charge >= 0.3 is 5.97 Å². The van der Waals surface area contributed by atoms with Crippen LogP contribution in [0, 0.1) is 0 Å². The Morgan fingerprint density at radius 1 is 1.07 bits per heavy atom. The predicted octanol–water partition coefficient (Wildman–Crippen LogP) is 4.04. The number of aromatic carboxylic acids is 1. The number of H-pyrrole nitrogens is 1. The number of carbonyl (C=O) groups is 2. The maximum atomic E-state index is 12.9. The first kappa shape index (κ1) is 20.3. The molecule has 6 nitrogen and oxygen atoms in total. The smallest absolute Gasteiger partial charge is 0.335 e. The number of carboxylic acid groups (broad SMARTS) is 1. The third-order valence-electron chi connectivity index (χ3n) is 4.10. The van der Waals surface area contributed by atoms with Crippen LogP contribution in [0.4, 0.5) is 0 Å². The van der Waals surface area contributed by atoms with Gasteiger partial charge < -0.3 is 10.1 Å². The van der Waals surface area contributed by atoms with Gasteiger partial charge in [0.2, 0.25) is 5.43 Å². The Hall–Kier alpha value is -2.48. The van der Waals surface area contributed by atoms with Crippen LogP contribution in [0.25, 0.3) is 10.9 Å². The summed E-state index contributed by atoms with van der Waals surface area (Å²) in [5.41, 5.74) is -0.000288. The van der Waals surface area contributed by atoms with Crippen LogP contribution in [0.3, 0.4) is 0 Å². The van der Waals surface area contributed by atoms with E-state index in [4.69, 9.17) is 28.3 Å². The van der Waals surface area contributed by atoms with E-state index in [-0.39, 0.29) is 42.9 Å². The number of hydrogen-bond acceptors (Lipinski definition) is 4. The van der Waals surface area contributed by atoms with Gasteiger partial charge in [0.05, 0.1) is 48.6 Å². The molecule has 9 heteroatoms. The average molecular weight is 438 g/mol. The normalized spacial score (nSPS) is 12.1. The zero-order chi connectivity index (χ0) is 20.6. The van der Waals surface area contributed by atoms with Crippen LogP contribution in [-0.2, 0) is 16.6 Å². The van der Waals surface area contributed by atoms with Gasteiger partial charge in [0.1, 0.15) is 5.03 Å². The van der Waals surface area contributed by atoms with Crippen LogP contribution in [0.15, 0.2) is 46.2 Å². The molecule has 1 unspecified atom stereocenters. The first-order valence-electron chi connectivity index (χ1n) is 7.96. The Labute approximate surface area is 171 Å². The molecule has 144 valence electrons. The van der Waals surface area contributed by atoms with Crippen LogP contribution < -0.4 is 5.43 Å². The third-order valence-corrected chi connectivity index (χ3v) is 6.09. The third kappa shape index (κ3) is 3.73. The SMILES string of the molecule is CC(=O)c1c(S(=O)Cc2ccc(C(=O)O)cc2)[nH]c2c(Cl)ccc(Cl)c2c1=O. The Morgan fingerprint density at radius 3 is 2.25 bits per heavy atom.